The van der Waals surface area contributed by atoms with E-state index >= 15 is 0 Å². The average Bonchev–Trinajstić information content (AvgIpc) is 3.45. The van der Waals surface area contributed by atoms with E-state index < -0.39 is 35.8 Å². The molecule has 2 aliphatic heterocycles. The van der Waals surface area contributed by atoms with Crippen molar-refractivity contribution < 1.29 is 28.7 Å². The molecule has 2 fully saturated rings. The number of carbonyl (C=O) groups is 4. The first kappa shape index (κ1) is 25.5. The Labute approximate surface area is 200 Å². The van der Waals surface area contributed by atoms with E-state index in [9.17, 15) is 19.2 Å². The summed E-state index contributed by atoms with van der Waals surface area (Å²) in [5, 5.41) is 2.55. The highest BCUT2D eigenvalue weighted by atomic mass is 16.6. The number of likely N-dealkylation sites (tertiary alicyclic amines) is 2. The quantitative estimate of drug-likeness (QED) is 0.637. The van der Waals surface area contributed by atoms with Crippen molar-refractivity contribution in [1.82, 2.24) is 15.1 Å². The van der Waals surface area contributed by atoms with Gasteiger partial charge in [0, 0.05) is 13.1 Å². The first-order chi connectivity index (χ1) is 16.1. The molecule has 0 radical (unpaired) electrons. The highest BCUT2D eigenvalue weighted by Crippen LogP contribution is 2.26. The molecular formula is C25H35N3O6. The summed E-state index contributed by atoms with van der Waals surface area (Å²) in [6.45, 7) is 7.83. The summed E-state index contributed by atoms with van der Waals surface area (Å²) in [5.41, 5.74) is 0.199. The van der Waals surface area contributed by atoms with Gasteiger partial charge in [0.25, 0.3) is 0 Å². The maximum absolute atomic E-state index is 13.4. The summed E-state index contributed by atoms with van der Waals surface area (Å²) in [4.78, 5) is 54.3. The summed E-state index contributed by atoms with van der Waals surface area (Å²) in [7, 11) is 0. The number of amides is 3. The second-order valence-corrected chi connectivity index (χ2v) is 9.84. The number of ether oxygens (including phenoxy) is 2. The van der Waals surface area contributed by atoms with Gasteiger partial charge in [0.2, 0.25) is 11.8 Å². The smallest absolute Gasteiger partial charge is 0.408 e. The summed E-state index contributed by atoms with van der Waals surface area (Å²) in [6.07, 6.45) is 1.76. The Kier molecular flexibility index (Phi) is 8.17. The molecule has 186 valence electrons. The van der Waals surface area contributed by atoms with Crippen molar-refractivity contribution >= 4 is 23.9 Å². The van der Waals surface area contributed by atoms with Crippen LogP contribution >= 0.6 is 0 Å². The van der Waals surface area contributed by atoms with Crippen LogP contribution in [0.5, 0.6) is 0 Å². The summed E-state index contributed by atoms with van der Waals surface area (Å²) in [5.74, 6) is -1.01. The number of hydrogen-bond donors (Lipinski definition) is 1. The third kappa shape index (κ3) is 6.48. The van der Waals surface area contributed by atoms with Crippen molar-refractivity contribution in [3.63, 3.8) is 0 Å². The van der Waals surface area contributed by atoms with E-state index in [0.29, 0.717) is 38.8 Å². The van der Waals surface area contributed by atoms with Gasteiger partial charge in [0.15, 0.2) is 0 Å². The van der Waals surface area contributed by atoms with Gasteiger partial charge in [0.05, 0.1) is 0 Å². The molecule has 9 heteroatoms. The molecule has 34 heavy (non-hydrogen) atoms. The molecule has 0 bridgehead atoms. The molecule has 0 spiro atoms. The number of nitrogens with one attached hydrogen (secondary N) is 1. The van der Waals surface area contributed by atoms with E-state index in [4.69, 9.17) is 9.47 Å². The van der Waals surface area contributed by atoms with Crippen LogP contribution in [0.1, 0.15) is 58.9 Å². The molecule has 3 amide bonds. The molecule has 2 heterocycles. The molecule has 0 saturated carbocycles. The van der Waals surface area contributed by atoms with Gasteiger partial charge in [-0.15, -0.1) is 0 Å². The van der Waals surface area contributed by atoms with Crippen molar-refractivity contribution in [2.45, 2.75) is 83.7 Å². The van der Waals surface area contributed by atoms with Gasteiger partial charge in [-0.05, 0) is 58.9 Å². The topological polar surface area (TPSA) is 105 Å². The van der Waals surface area contributed by atoms with Crippen LogP contribution in [0.3, 0.4) is 0 Å². The van der Waals surface area contributed by atoms with Crippen molar-refractivity contribution in [3.8, 4) is 0 Å². The van der Waals surface area contributed by atoms with Gasteiger partial charge in [-0.1, -0.05) is 30.3 Å². The lowest BCUT2D eigenvalue weighted by Gasteiger charge is -2.32. The van der Waals surface area contributed by atoms with Crippen molar-refractivity contribution in [1.29, 1.82) is 0 Å². The molecule has 3 atom stereocenters. The minimum absolute atomic E-state index is 0.153. The summed E-state index contributed by atoms with van der Waals surface area (Å²) in [6, 6.07) is 7.25. The van der Waals surface area contributed by atoms with Crippen molar-refractivity contribution in [2.24, 2.45) is 0 Å². The zero-order valence-corrected chi connectivity index (χ0v) is 20.4. The molecule has 2 saturated heterocycles. The van der Waals surface area contributed by atoms with E-state index in [1.54, 1.807) is 32.6 Å². The molecule has 0 aliphatic carbocycles. The molecule has 2 aliphatic rings. The highest BCUT2D eigenvalue weighted by molar-refractivity contribution is 5.93. The molecule has 0 unspecified atom stereocenters. The maximum Gasteiger partial charge on any atom is 0.408 e. The lowest BCUT2D eigenvalue weighted by atomic mass is 10.1. The fourth-order valence-electron chi connectivity index (χ4n) is 4.37. The Morgan fingerprint density at radius 1 is 1.00 bits per heavy atom. The standard InChI is InChI=1S/C25H35N3O6/c1-17(26-24(32)34-25(2,3)4)21(29)27-14-8-12-19(27)22(30)28-15-9-13-20(28)23(31)33-16-18-10-6-5-7-11-18/h5-7,10-11,17,19-20H,8-9,12-16H2,1-4H3,(H,26,32)/t17-,19-,20-/m0/s1. The predicted molar refractivity (Wildman–Crippen MR) is 125 cm³/mol. The van der Waals surface area contributed by atoms with Crippen LogP contribution < -0.4 is 5.32 Å². The van der Waals surface area contributed by atoms with Crippen LogP contribution in [-0.2, 0) is 30.5 Å². The molecule has 3 rings (SSSR count). The number of carbonyl (C=O) groups excluding carboxylic acids is 4. The van der Waals surface area contributed by atoms with Gasteiger partial charge in [-0.25, -0.2) is 9.59 Å². The van der Waals surface area contributed by atoms with Crippen LogP contribution in [0, 0.1) is 0 Å². The zero-order valence-electron chi connectivity index (χ0n) is 20.4. The Balaban J connectivity index is 1.60. The first-order valence-electron chi connectivity index (χ1n) is 11.9. The average molecular weight is 474 g/mol. The Hall–Kier alpha value is -3.10. The minimum Gasteiger partial charge on any atom is -0.459 e. The summed E-state index contributed by atoms with van der Waals surface area (Å²) >= 11 is 0. The van der Waals surface area contributed by atoms with Gasteiger partial charge < -0.3 is 24.6 Å². The molecule has 1 N–H and O–H groups in total. The highest BCUT2D eigenvalue weighted by Gasteiger charge is 2.43. The third-order valence-electron chi connectivity index (χ3n) is 5.96. The van der Waals surface area contributed by atoms with Gasteiger partial charge in [0.1, 0.15) is 30.3 Å². The summed E-state index contributed by atoms with van der Waals surface area (Å²) < 4.78 is 10.7. The second-order valence-electron chi connectivity index (χ2n) is 9.84. The number of nitrogens with zero attached hydrogens (tertiary/aromatic N) is 2. The fourth-order valence-corrected chi connectivity index (χ4v) is 4.37. The van der Waals surface area contributed by atoms with Crippen LogP contribution in [-0.4, -0.2) is 70.5 Å². The first-order valence-corrected chi connectivity index (χ1v) is 11.9. The Bertz CT molecular complexity index is 898. The van der Waals surface area contributed by atoms with E-state index in [2.05, 4.69) is 5.32 Å². The fraction of sp³-hybridized carbons (Fsp3) is 0.600. The van der Waals surface area contributed by atoms with E-state index in [1.165, 1.54) is 4.90 Å². The van der Waals surface area contributed by atoms with Crippen molar-refractivity contribution in [3.05, 3.63) is 35.9 Å². The number of alkyl carbamates (subject to hydrolysis) is 1. The predicted octanol–water partition coefficient (Wildman–Crippen LogP) is 2.63. The van der Waals surface area contributed by atoms with Gasteiger partial charge in [-0.2, -0.15) is 0 Å². The molecular weight excluding hydrogens is 438 g/mol. The van der Waals surface area contributed by atoms with Gasteiger partial charge >= 0.3 is 12.1 Å². The van der Waals surface area contributed by atoms with Crippen LogP contribution in [0.4, 0.5) is 4.79 Å². The second kappa shape index (κ2) is 10.9. The Morgan fingerprint density at radius 2 is 1.62 bits per heavy atom. The monoisotopic (exact) mass is 473 g/mol. The lowest BCUT2D eigenvalue weighted by Crippen LogP contribution is -2.55. The minimum atomic E-state index is -0.839. The number of benzene rings is 1. The molecule has 1 aromatic rings. The molecule has 1 aromatic carbocycles. The zero-order chi connectivity index (χ0) is 24.9. The van der Waals surface area contributed by atoms with Gasteiger partial charge in [-0.3, -0.25) is 9.59 Å². The molecule has 9 nitrogen and oxygen atoms in total. The molecule has 0 aromatic heterocycles. The maximum atomic E-state index is 13.4. The third-order valence-corrected chi connectivity index (χ3v) is 5.96. The largest absolute Gasteiger partial charge is 0.459 e. The van der Waals surface area contributed by atoms with E-state index in [1.807, 2.05) is 30.3 Å². The van der Waals surface area contributed by atoms with Crippen molar-refractivity contribution in [2.75, 3.05) is 13.1 Å². The number of rotatable bonds is 6. The lowest BCUT2D eigenvalue weighted by molar-refractivity contribution is -0.156. The normalized spacial score (nSPS) is 21.2. The number of esters is 1. The van der Waals surface area contributed by atoms with Crippen LogP contribution in [0.15, 0.2) is 30.3 Å². The van der Waals surface area contributed by atoms with Crippen LogP contribution in [0.25, 0.3) is 0 Å². The Morgan fingerprint density at radius 3 is 2.26 bits per heavy atom. The number of hydrogen-bond acceptors (Lipinski definition) is 6. The SMILES string of the molecule is C[C@H](NC(=O)OC(C)(C)C)C(=O)N1CCC[C@H]1C(=O)N1CCC[C@H]1C(=O)OCc1ccccc1. The van der Waals surface area contributed by atoms with E-state index in [0.717, 1.165) is 5.56 Å². The van der Waals surface area contributed by atoms with Crippen LogP contribution in [0.2, 0.25) is 0 Å². The van der Waals surface area contributed by atoms with E-state index in [-0.39, 0.29) is 18.4 Å².